The maximum atomic E-state index is 3.75. The second-order valence-electron chi connectivity index (χ2n) is 6.17. The van der Waals surface area contributed by atoms with Gasteiger partial charge in [0.25, 0.3) is 0 Å². The lowest BCUT2D eigenvalue weighted by Gasteiger charge is -2.46. The smallest absolute Gasteiger partial charge is 0.0327 e. The van der Waals surface area contributed by atoms with Crippen LogP contribution in [0, 0.1) is 0 Å². The van der Waals surface area contributed by atoms with Crippen LogP contribution in [0.2, 0.25) is 0 Å². The molecule has 1 aliphatic heterocycles. The Morgan fingerprint density at radius 1 is 1.44 bits per heavy atom. The Hall–Kier alpha value is -0.120. The van der Waals surface area contributed by atoms with Crippen LogP contribution in [0.1, 0.15) is 34.1 Å². The summed E-state index contributed by atoms with van der Waals surface area (Å²) in [6, 6.07) is 1.29. The molecule has 3 heteroatoms. The van der Waals surface area contributed by atoms with Gasteiger partial charge in [0.2, 0.25) is 0 Å². The number of hydrogen-bond donors (Lipinski definition) is 1. The minimum atomic E-state index is 0.238. The van der Waals surface area contributed by atoms with E-state index in [1.54, 1.807) is 0 Å². The first-order valence-electron chi connectivity index (χ1n) is 6.50. The molecule has 3 nitrogen and oxygen atoms in total. The maximum absolute atomic E-state index is 3.75. The molecule has 0 aromatic carbocycles. The van der Waals surface area contributed by atoms with Gasteiger partial charge in [-0.1, -0.05) is 6.92 Å². The summed E-state index contributed by atoms with van der Waals surface area (Å²) >= 11 is 0. The van der Waals surface area contributed by atoms with E-state index in [2.05, 4.69) is 56.9 Å². The standard InChI is InChI=1S/C13H29N3/c1-7-11(2)16-9-12(8-15(5)6)14-13(3,4)10-16/h11-12,14H,7-10H2,1-6H3. The van der Waals surface area contributed by atoms with E-state index in [-0.39, 0.29) is 5.54 Å². The summed E-state index contributed by atoms with van der Waals surface area (Å²) in [7, 11) is 4.30. The Labute approximate surface area is 101 Å². The Bertz CT molecular complexity index is 213. The molecule has 0 bridgehead atoms. The van der Waals surface area contributed by atoms with Crippen molar-refractivity contribution < 1.29 is 0 Å². The molecule has 0 aromatic rings. The summed E-state index contributed by atoms with van der Waals surface area (Å²) in [5, 5.41) is 3.75. The van der Waals surface area contributed by atoms with Crippen LogP contribution in [0.5, 0.6) is 0 Å². The highest BCUT2D eigenvalue weighted by Gasteiger charge is 2.33. The largest absolute Gasteiger partial charge is 0.308 e. The Kier molecular flexibility index (Phi) is 4.77. The lowest BCUT2D eigenvalue weighted by Crippen LogP contribution is -2.65. The van der Waals surface area contributed by atoms with Crippen LogP contribution in [0.15, 0.2) is 0 Å². The van der Waals surface area contributed by atoms with Gasteiger partial charge in [0.1, 0.15) is 0 Å². The van der Waals surface area contributed by atoms with E-state index in [0.29, 0.717) is 12.1 Å². The van der Waals surface area contributed by atoms with Crippen LogP contribution in [0.25, 0.3) is 0 Å². The Balaban J connectivity index is 2.62. The highest BCUT2D eigenvalue weighted by Crippen LogP contribution is 2.17. The van der Waals surface area contributed by atoms with E-state index in [1.165, 1.54) is 13.0 Å². The molecule has 1 heterocycles. The fourth-order valence-electron chi connectivity index (χ4n) is 2.64. The molecular weight excluding hydrogens is 198 g/mol. The second kappa shape index (κ2) is 5.48. The van der Waals surface area contributed by atoms with E-state index < -0.39 is 0 Å². The highest BCUT2D eigenvalue weighted by molar-refractivity contribution is 4.94. The fourth-order valence-corrected chi connectivity index (χ4v) is 2.64. The predicted molar refractivity (Wildman–Crippen MR) is 70.9 cm³/mol. The van der Waals surface area contributed by atoms with Crippen LogP contribution >= 0.6 is 0 Å². The van der Waals surface area contributed by atoms with Gasteiger partial charge in [-0.3, -0.25) is 4.90 Å². The SMILES string of the molecule is CCC(C)N1CC(CN(C)C)NC(C)(C)C1. The zero-order valence-electron chi connectivity index (χ0n) is 11.9. The van der Waals surface area contributed by atoms with Gasteiger partial charge in [-0.2, -0.15) is 0 Å². The van der Waals surface area contributed by atoms with Gasteiger partial charge >= 0.3 is 0 Å². The molecule has 2 atom stereocenters. The molecule has 0 aliphatic carbocycles. The van der Waals surface area contributed by atoms with Crippen molar-refractivity contribution in [2.75, 3.05) is 33.7 Å². The topological polar surface area (TPSA) is 18.5 Å². The quantitative estimate of drug-likeness (QED) is 0.783. The van der Waals surface area contributed by atoms with E-state index in [9.17, 15) is 0 Å². The number of nitrogens with zero attached hydrogens (tertiary/aromatic N) is 2. The summed E-state index contributed by atoms with van der Waals surface area (Å²) in [6.45, 7) is 12.7. The lowest BCUT2D eigenvalue weighted by molar-refractivity contribution is 0.0739. The van der Waals surface area contributed by atoms with E-state index >= 15 is 0 Å². The molecule has 1 rings (SSSR count). The Morgan fingerprint density at radius 2 is 2.06 bits per heavy atom. The van der Waals surface area contributed by atoms with Crippen molar-refractivity contribution in [2.45, 2.75) is 51.7 Å². The number of piperazine rings is 1. The minimum Gasteiger partial charge on any atom is -0.308 e. The molecule has 0 radical (unpaired) electrons. The molecule has 1 saturated heterocycles. The van der Waals surface area contributed by atoms with Crippen molar-refractivity contribution in [2.24, 2.45) is 0 Å². The number of rotatable bonds is 4. The first-order valence-corrected chi connectivity index (χ1v) is 6.50. The number of likely N-dealkylation sites (N-methyl/N-ethyl adjacent to an activating group) is 1. The molecule has 1 N–H and O–H groups in total. The van der Waals surface area contributed by atoms with Crippen molar-refractivity contribution in [3.05, 3.63) is 0 Å². The molecule has 1 fully saturated rings. The second-order valence-corrected chi connectivity index (χ2v) is 6.17. The van der Waals surface area contributed by atoms with Crippen molar-refractivity contribution in [3.63, 3.8) is 0 Å². The van der Waals surface area contributed by atoms with Gasteiger partial charge in [0.15, 0.2) is 0 Å². The summed E-state index contributed by atoms with van der Waals surface area (Å²) < 4.78 is 0. The third-order valence-corrected chi connectivity index (χ3v) is 3.45. The van der Waals surface area contributed by atoms with Crippen molar-refractivity contribution >= 4 is 0 Å². The fraction of sp³-hybridized carbons (Fsp3) is 1.00. The first kappa shape index (κ1) is 13.9. The molecule has 1 aliphatic rings. The van der Waals surface area contributed by atoms with Crippen LogP contribution in [0.3, 0.4) is 0 Å². The van der Waals surface area contributed by atoms with E-state index in [0.717, 1.165) is 13.1 Å². The summed E-state index contributed by atoms with van der Waals surface area (Å²) in [4.78, 5) is 4.90. The van der Waals surface area contributed by atoms with Crippen molar-refractivity contribution in [1.29, 1.82) is 0 Å². The molecule has 96 valence electrons. The van der Waals surface area contributed by atoms with E-state index in [1.807, 2.05) is 0 Å². The zero-order chi connectivity index (χ0) is 12.3. The molecule has 16 heavy (non-hydrogen) atoms. The van der Waals surface area contributed by atoms with Gasteiger partial charge in [0, 0.05) is 37.3 Å². The van der Waals surface area contributed by atoms with Crippen LogP contribution in [0.4, 0.5) is 0 Å². The van der Waals surface area contributed by atoms with E-state index in [4.69, 9.17) is 0 Å². The summed E-state index contributed by atoms with van der Waals surface area (Å²) in [5.41, 5.74) is 0.238. The van der Waals surface area contributed by atoms with Gasteiger partial charge in [-0.15, -0.1) is 0 Å². The van der Waals surface area contributed by atoms with Crippen LogP contribution in [-0.2, 0) is 0 Å². The van der Waals surface area contributed by atoms with Crippen LogP contribution in [-0.4, -0.2) is 61.2 Å². The summed E-state index contributed by atoms with van der Waals surface area (Å²) in [6.07, 6.45) is 1.24. The normalized spacial score (nSPS) is 28.3. The molecule has 2 unspecified atom stereocenters. The third kappa shape index (κ3) is 4.04. The number of hydrogen-bond acceptors (Lipinski definition) is 3. The zero-order valence-corrected chi connectivity index (χ0v) is 11.9. The minimum absolute atomic E-state index is 0.238. The van der Waals surface area contributed by atoms with Gasteiger partial charge in [-0.05, 0) is 41.3 Å². The maximum Gasteiger partial charge on any atom is 0.0327 e. The summed E-state index contributed by atoms with van der Waals surface area (Å²) in [5.74, 6) is 0. The highest BCUT2D eigenvalue weighted by atomic mass is 15.3. The van der Waals surface area contributed by atoms with Crippen molar-refractivity contribution in [1.82, 2.24) is 15.1 Å². The molecule has 0 saturated carbocycles. The van der Waals surface area contributed by atoms with Gasteiger partial charge in [0.05, 0.1) is 0 Å². The van der Waals surface area contributed by atoms with Crippen LogP contribution < -0.4 is 5.32 Å². The van der Waals surface area contributed by atoms with Crippen molar-refractivity contribution in [3.8, 4) is 0 Å². The Morgan fingerprint density at radius 3 is 2.56 bits per heavy atom. The van der Waals surface area contributed by atoms with Gasteiger partial charge < -0.3 is 10.2 Å². The number of nitrogens with one attached hydrogen (secondary N) is 1. The first-order chi connectivity index (χ1) is 7.34. The monoisotopic (exact) mass is 227 g/mol. The average Bonchev–Trinajstić information content (AvgIpc) is 2.12. The average molecular weight is 227 g/mol. The third-order valence-electron chi connectivity index (χ3n) is 3.45. The molecule has 0 aromatic heterocycles. The lowest BCUT2D eigenvalue weighted by atomic mass is 9.96. The molecule has 0 amide bonds. The molecule has 0 spiro atoms. The molecular formula is C13H29N3. The van der Waals surface area contributed by atoms with Gasteiger partial charge in [-0.25, -0.2) is 0 Å². The predicted octanol–water partition coefficient (Wildman–Crippen LogP) is 1.40.